The Morgan fingerprint density at radius 2 is 1.23 bits per heavy atom. The molecule has 0 radical (unpaired) electrons. The van der Waals surface area contributed by atoms with Crippen LogP contribution in [0, 0.1) is 41.2 Å². The van der Waals surface area contributed by atoms with E-state index in [9.17, 15) is 22.0 Å². The quantitative estimate of drug-likeness (QED) is 0.247. The Kier molecular flexibility index (Phi) is 9.19. The minimum Gasteiger partial charge on any atom is -0.206 e. The van der Waals surface area contributed by atoms with E-state index in [1.807, 2.05) is 0 Å². The van der Waals surface area contributed by atoms with Crippen LogP contribution in [0.25, 0.3) is 0 Å². The average molecular weight is 499 g/mol. The molecule has 3 aliphatic rings. The fourth-order valence-corrected chi connectivity index (χ4v) is 7.77. The maximum Gasteiger partial charge on any atom is 0.422 e. The van der Waals surface area contributed by atoms with E-state index in [4.69, 9.17) is 0 Å². The molecule has 0 aromatic heterocycles. The summed E-state index contributed by atoms with van der Waals surface area (Å²) in [6.45, 7) is 2.27. The number of hydrogen-bond donors (Lipinski definition) is 0. The van der Waals surface area contributed by atoms with Crippen LogP contribution in [0.3, 0.4) is 0 Å². The molecule has 0 aliphatic heterocycles. The van der Waals surface area contributed by atoms with Gasteiger partial charge in [-0.1, -0.05) is 51.9 Å². The fourth-order valence-electron chi connectivity index (χ4n) is 7.77. The topological polar surface area (TPSA) is 0 Å². The van der Waals surface area contributed by atoms with Gasteiger partial charge in [0.1, 0.15) is 17.2 Å². The molecule has 4 unspecified atom stereocenters. The van der Waals surface area contributed by atoms with Gasteiger partial charge in [-0.25, -0.2) is 8.78 Å². The summed E-state index contributed by atoms with van der Waals surface area (Å²) in [4.78, 5) is 0. The van der Waals surface area contributed by atoms with Gasteiger partial charge in [0.15, 0.2) is 0 Å². The van der Waals surface area contributed by atoms with Gasteiger partial charge >= 0.3 is 6.18 Å². The SMILES string of the molecule is CCCCCCCC1CCC2CC(C3CCC(c4cc(F)c(C(F)(F)F)c(F)c4)CC3)CCC2C1. The van der Waals surface area contributed by atoms with Gasteiger partial charge in [-0.15, -0.1) is 0 Å². The Morgan fingerprint density at radius 1 is 0.686 bits per heavy atom. The summed E-state index contributed by atoms with van der Waals surface area (Å²) >= 11 is 0. The Balaban J connectivity index is 1.24. The summed E-state index contributed by atoms with van der Waals surface area (Å²) in [6, 6.07) is 1.84. The van der Waals surface area contributed by atoms with Crippen molar-refractivity contribution >= 4 is 0 Å². The molecule has 0 amide bonds. The summed E-state index contributed by atoms with van der Waals surface area (Å²) < 4.78 is 66.8. The second-order valence-electron chi connectivity index (χ2n) is 11.9. The van der Waals surface area contributed by atoms with Crippen molar-refractivity contribution in [2.45, 2.75) is 122 Å². The largest absolute Gasteiger partial charge is 0.422 e. The van der Waals surface area contributed by atoms with E-state index >= 15 is 0 Å². The Bertz CT molecular complexity index is 784. The first-order valence-electron chi connectivity index (χ1n) is 14.3. The van der Waals surface area contributed by atoms with Crippen molar-refractivity contribution in [2.75, 3.05) is 0 Å². The minimum absolute atomic E-state index is 0.0402. The molecule has 1 aromatic rings. The zero-order valence-electron chi connectivity index (χ0n) is 21.3. The van der Waals surface area contributed by atoms with Gasteiger partial charge in [0.2, 0.25) is 0 Å². The van der Waals surface area contributed by atoms with E-state index in [1.54, 1.807) is 0 Å². The van der Waals surface area contributed by atoms with Crippen LogP contribution >= 0.6 is 0 Å². The predicted octanol–water partition coefficient (Wildman–Crippen LogP) is 10.5. The third kappa shape index (κ3) is 6.80. The number of hydrogen-bond acceptors (Lipinski definition) is 0. The van der Waals surface area contributed by atoms with Crippen molar-refractivity contribution in [1.29, 1.82) is 0 Å². The Hall–Kier alpha value is -1.13. The van der Waals surface area contributed by atoms with Crippen LogP contribution in [-0.2, 0) is 6.18 Å². The highest BCUT2D eigenvalue weighted by Crippen LogP contribution is 2.50. The zero-order chi connectivity index (χ0) is 25.0. The van der Waals surface area contributed by atoms with Crippen molar-refractivity contribution in [2.24, 2.45) is 29.6 Å². The van der Waals surface area contributed by atoms with E-state index in [0.717, 1.165) is 61.5 Å². The fraction of sp³-hybridized carbons (Fsp3) is 0.800. The Morgan fingerprint density at radius 3 is 1.86 bits per heavy atom. The number of fused-ring (bicyclic) bond motifs is 1. The molecular formula is C30H43F5. The molecule has 5 heteroatoms. The van der Waals surface area contributed by atoms with Gasteiger partial charge in [0, 0.05) is 0 Å². The van der Waals surface area contributed by atoms with Crippen LogP contribution in [-0.4, -0.2) is 0 Å². The second-order valence-corrected chi connectivity index (χ2v) is 11.9. The molecule has 3 fully saturated rings. The molecule has 4 rings (SSSR count). The molecule has 3 aliphatic carbocycles. The smallest absolute Gasteiger partial charge is 0.206 e. The van der Waals surface area contributed by atoms with E-state index in [-0.39, 0.29) is 5.92 Å². The van der Waals surface area contributed by atoms with Crippen LogP contribution in [0.2, 0.25) is 0 Å². The van der Waals surface area contributed by atoms with Gasteiger partial charge in [-0.2, -0.15) is 13.2 Å². The van der Waals surface area contributed by atoms with Crippen molar-refractivity contribution in [1.82, 2.24) is 0 Å². The third-order valence-electron chi connectivity index (χ3n) is 9.74. The normalized spacial score (nSPS) is 31.8. The predicted molar refractivity (Wildman–Crippen MR) is 131 cm³/mol. The standard InChI is InChI=1S/C30H43F5/c1-2-3-4-5-6-7-20-8-9-25-17-24(15-14-23(25)16-20)21-10-12-22(13-11-21)26-18-27(31)29(28(32)19-26)30(33,34)35/h18-25H,2-17H2,1H3. The highest BCUT2D eigenvalue weighted by molar-refractivity contribution is 5.30. The molecule has 0 nitrogen and oxygen atoms in total. The van der Waals surface area contributed by atoms with Gasteiger partial charge in [-0.05, 0) is 111 Å². The molecule has 0 N–H and O–H groups in total. The first-order valence-corrected chi connectivity index (χ1v) is 14.3. The summed E-state index contributed by atoms with van der Waals surface area (Å²) in [6.07, 6.45) is 15.2. The van der Waals surface area contributed by atoms with E-state index in [0.29, 0.717) is 11.5 Å². The van der Waals surface area contributed by atoms with Crippen LogP contribution in [0.5, 0.6) is 0 Å². The van der Waals surface area contributed by atoms with Gasteiger partial charge in [0.05, 0.1) is 0 Å². The third-order valence-corrected chi connectivity index (χ3v) is 9.74. The molecular weight excluding hydrogens is 455 g/mol. The lowest BCUT2D eigenvalue weighted by Gasteiger charge is -2.45. The molecule has 4 atom stereocenters. The van der Waals surface area contributed by atoms with Crippen molar-refractivity contribution in [3.05, 3.63) is 34.9 Å². The molecule has 0 spiro atoms. The highest BCUT2D eigenvalue weighted by atomic mass is 19.4. The Labute approximate surface area is 208 Å². The lowest BCUT2D eigenvalue weighted by atomic mass is 9.60. The summed E-state index contributed by atoms with van der Waals surface area (Å²) in [5, 5.41) is 0. The maximum atomic E-state index is 14.1. The summed E-state index contributed by atoms with van der Waals surface area (Å²) in [5.74, 6) is 1.14. The lowest BCUT2D eigenvalue weighted by Crippen LogP contribution is -2.34. The monoisotopic (exact) mass is 498 g/mol. The first kappa shape index (κ1) is 26.9. The number of unbranched alkanes of at least 4 members (excludes halogenated alkanes) is 4. The van der Waals surface area contributed by atoms with Gasteiger partial charge < -0.3 is 0 Å². The first-order chi connectivity index (χ1) is 16.8. The molecule has 198 valence electrons. The molecule has 0 heterocycles. The summed E-state index contributed by atoms with van der Waals surface area (Å²) in [7, 11) is 0. The van der Waals surface area contributed by atoms with E-state index < -0.39 is 23.4 Å². The van der Waals surface area contributed by atoms with E-state index in [2.05, 4.69) is 6.92 Å². The van der Waals surface area contributed by atoms with Gasteiger partial charge in [-0.3, -0.25) is 0 Å². The maximum absolute atomic E-state index is 14.1. The van der Waals surface area contributed by atoms with Crippen LogP contribution < -0.4 is 0 Å². The number of alkyl halides is 3. The highest BCUT2D eigenvalue weighted by Gasteiger charge is 2.40. The molecule has 0 saturated heterocycles. The van der Waals surface area contributed by atoms with Crippen LogP contribution in [0.4, 0.5) is 22.0 Å². The van der Waals surface area contributed by atoms with Gasteiger partial charge in [0.25, 0.3) is 0 Å². The van der Waals surface area contributed by atoms with Crippen molar-refractivity contribution < 1.29 is 22.0 Å². The lowest BCUT2D eigenvalue weighted by molar-refractivity contribution is -0.142. The average Bonchev–Trinajstić information content (AvgIpc) is 2.82. The number of halogens is 5. The van der Waals surface area contributed by atoms with Crippen LogP contribution in [0.1, 0.15) is 127 Å². The second kappa shape index (κ2) is 11.9. The van der Waals surface area contributed by atoms with Crippen molar-refractivity contribution in [3.63, 3.8) is 0 Å². The molecule has 1 aromatic carbocycles. The van der Waals surface area contributed by atoms with Crippen molar-refractivity contribution in [3.8, 4) is 0 Å². The molecule has 35 heavy (non-hydrogen) atoms. The molecule has 0 bridgehead atoms. The minimum atomic E-state index is -5.00. The summed E-state index contributed by atoms with van der Waals surface area (Å²) in [5.41, 5.74) is -1.37. The van der Waals surface area contributed by atoms with E-state index in [1.165, 1.54) is 77.0 Å². The number of rotatable bonds is 8. The zero-order valence-corrected chi connectivity index (χ0v) is 21.3. The van der Waals surface area contributed by atoms with Crippen LogP contribution in [0.15, 0.2) is 12.1 Å². The number of benzene rings is 1. The molecule has 3 saturated carbocycles.